The Morgan fingerprint density at radius 2 is 2.31 bits per heavy atom. The van der Waals surface area contributed by atoms with E-state index in [1.54, 1.807) is 12.4 Å². The second-order valence-electron chi connectivity index (χ2n) is 3.05. The van der Waals surface area contributed by atoms with E-state index in [-0.39, 0.29) is 0 Å². The minimum absolute atomic E-state index is 0.498. The summed E-state index contributed by atoms with van der Waals surface area (Å²) in [5.41, 5.74) is 0. The topological polar surface area (TPSA) is 37.8 Å². The fraction of sp³-hybridized carbons (Fsp3) is 0.600. The van der Waals surface area contributed by atoms with Crippen molar-refractivity contribution >= 4 is 5.82 Å². The number of rotatable bonds is 5. The molecule has 1 atom stereocenters. The Morgan fingerprint density at radius 3 is 2.85 bits per heavy atom. The highest BCUT2D eigenvalue weighted by Crippen LogP contribution is 2.07. The van der Waals surface area contributed by atoms with E-state index in [1.807, 2.05) is 0 Å². The Morgan fingerprint density at radius 1 is 1.46 bits per heavy atom. The predicted molar refractivity (Wildman–Crippen MR) is 53.5 cm³/mol. The van der Waals surface area contributed by atoms with Gasteiger partial charge in [0.2, 0.25) is 0 Å². The van der Waals surface area contributed by atoms with Crippen LogP contribution in [0.15, 0.2) is 12.4 Å². The van der Waals surface area contributed by atoms with E-state index in [2.05, 4.69) is 35.3 Å². The summed E-state index contributed by atoms with van der Waals surface area (Å²) >= 11 is 0. The Kier molecular flexibility index (Phi) is 4.23. The van der Waals surface area contributed by atoms with Crippen LogP contribution >= 0.6 is 0 Å². The lowest BCUT2D eigenvalue weighted by Crippen LogP contribution is -2.18. The van der Waals surface area contributed by atoms with Crippen molar-refractivity contribution in [3.8, 4) is 0 Å². The molecule has 0 aliphatic heterocycles. The van der Waals surface area contributed by atoms with E-state index < -0.39 is 0 Å². The Hall–Kier alpha value is -1.12. The molecule has 13 heavy (non-hydrogen) atoms. The molecule has 1 unspecified atom stereocenters. The maximum absolute atomic E-state index is 4.12. The van der Waals surface area contributed by atoms with Gasteiger partial charge in [0.1, 0.15) is 6.20 Å². The zero-order valence-corrected chi connectivity index (χ0v) is 8.25. The maximum Gasteiger partial charge on any atom is 0.154 e. The first-order valence-corrected chi connectivity index (χ1v) is 4.82. The van der Waals surface area contributed by atoms with Crippen LogP contribution in [0.4, 0.5) is 5.82 Å². The number of nitrogens with one attached hydrogen (secondary N) is 1. The summed E-state index contributed by atoms with van der Waals surface area (Å²) in [6.07, 6.45) is 9.59. The molecule has 1 aromatic rings. The average molecular weight is 178 g/mol. The fourth-order valence-electron chi connectivity index (χ4n) is 1.26. The van der Waals surface area contributed by atoms with Gasteiger partial charge in [-0.2, -0.15) is 0 Å². The molecule has 0 aliphatic rings. The SMILES string of the molecule is CCCC(CC)Nc1[c]nccn1. The number of anilines is 1. The molecule has 71 valence electrons. The van der Waals surface area contributed by atoms with E-state index >= 15 is 0 Å². The smallest absolute Gasteiger partial charge is 0.154 e. The molecule has 0 aliphatic carbocycles. The van der Waals surface area contributed by atoms with E-state index in [0.717, 1.165) is 12.2 Å². The summed E-state index contributed by atoms with van der Waals surface area (Å²) in [6.45, 7) is 4.36. The van der Waals surface area contributed by atoms with Gasteiger partial charge in [-0.3, -0.25) is 0 Å². The molecule has 3 heteroatoms. The molecule has 0 aromatic carbocycles. The molecule has 1 radical (unpaired) electrons. The zero-order valence-electron chi connectivity index (χ0n) is 8.25. The minimum Gasteiger partial charge on any atom is -0.365 e. The van der Waals surface area contributed by atoms with Crippen LogP contribution in [0.25, 0.3) is 0 Å². The van der Waals surface area contributed by atoms with Crippen LogP contribution in [0.5, 0.6) is 0 Å². The Balaban J connectivity index is 2.46. The molecule has 1 rings (SSSR count). The summed E-state index contributed by atoms with van der Waals surface area (Å²) in [6, 6.07) is 0.498. The van der Waals surface area contributed by atoms with Crippen molar-refractivity contribution in [1.29, 1.82) is 0 Å². The fourth-order valence-corrected chi connectivity index (χ4v) is 1.26. The van der Waals surface area contributed by atoms with Gasteiger partial charge in [-0.25, -0.2) is 9.97 Å². The normalized spacial score (nSPS) is 12.5. The predicted octanol–water partition coefficient (Wildman–Crippen LogP) is 2.27. The van der Waals surface area contributed by atoms with Crippen molar-refractivity contribution in [2.24, 2.45) is 0 Å². The summed E-state index contributed by atoms with van der Waals surface area (Å²) in [4.78, 5) is 8.00. The van der Waals surface area contributed by atoms with Gasteiger partial charge in [0.15, 0.2) is 5.82 Å². The molecule has 1 aromatic heterocycles. The van der Waals surface area contributed by atoms with Crippen LogP contribution in [0.2, 0.25) is 0 Å². The van der Waals surface area contributed by atoms with Crippen molar-refractivity contribution < 1.29 is 0 Å². The van der Waals surface area contributed by atoms with Crippen molar-refractivity contribution in [2.45, 2.75) is 39.2 Å². The van der Waals surface area contributed by atoms with Crippen LogP contribution in [0.3, 0.4) is 0 Å². The standard InChI is InChI=1S/C10H16N3/c1-3-5-9(4-2)13-10-8-11-6-7-12-10/h6-7,9H,3-5H2,1-2H3,(H,12,13). The van der Waals surface area contributed by atoms with Gasteiger partial charge in [0, 0.05) is 18.4 Å². The molecule has 0 spiro atoms. The minimum atomic E-state index is 0.498. The van der Waals surface area contributed by atoms with E-state index in [1.165, 1.54) is 12.8 Å². The summed E-state index contributed by atoms with van der Waals surface area (Å²) in [5, 5.41) is 3.30. The van der Waals surface area contributed by atoms with Crippen LogP contribution in [-0.4, -0.2) is 16.0 Å². The third kappa shape index (κ3) is 3.40. The maximum atomic E-state index is 4.12. The highest BCUT2D eigenvalue weighted by molar-refractivity contribution is 5.29. The van der Waals surface area contributed by atoms with Crippen molar-refractivity contribution in [3.63, 3.8) is 0 Å². The average Bonchev–Trinajstić information content (AvgIpc) is 2.19. The van der Waals surface area contributed by atoms with E-state index in [9.17, 15) is 0 Å². The van der Waals surface area contributed by atoms with Gasteiger partial charge >= 0.3 is 0 Å². The van der Waals surface area contributed by atoms with Crippen LogP contribution in [0.1, 0.15) is 33.1 Å². The molecule has 0 amide bonds. The first kappa shape index (κ1) is 9.96. The van der Waals surface area contributed by atoms with Gasteiger partial charge in [-0.05, 0) is 12.8 Å². The van der Waals surface area contributed by atoms with Gasteiger partial charge in [0.25, 0.3) is 0 Å². The van der Waals surface area contributed by atoms with E-state index in [0.29, 0.717) is 6.04 Å². The van der Waals surface area contributed by atoms with Crippen molar-refractivity contribution in [3.05, 3.63) is 18.6 Å². The summed E-state index contributed by atoms with van der Waals surface area (Å²) < 4.78 is 0. The van der Waals surface area contributed by atoms with Crippen LogP contribution < -0.4 is 5.32 Å². The van der Waals surface area contributed by atoms with Gasteiger partial charge in [-0.1, -0.05) is 20.3 Å². The molecule has 1 N–H and O–H groups in total. The molecule has 0 fully saturated rings. The third-order valence-electron chi connectivity index (χ3n) is 1.99. The number of aromatic nitrogens is 2. The monoisotopic (exact) mass is 178 g/mol. The second-order valence-corrected chi connectivity index (χ2v) is 3.05. The summed E-state index contributed by atoms with van der Waals surface area (Å²) in [7, 11) is 0. The third-order valence-corrected chi connectivity index (χ3v) is 1.99. The van der Waals surface area contributed by atoms with Crippen molar-refractivity contribution in [2.75, 3.05) is 5.32 Å². The lowest BCUT2D eigenvalue weighted by Gasteiger charge is -2.15. The molecule has 1 heterocycles. The van der Waals surface area contributed by atoms with Crippen LogP contribution in [0, 0.1) is 6.20 Å². The Labute approximate surface area is 79.6 Å². The highest BCUT2D eigenvalue weighted by Gasteiger charge is 2.04. The van der Waals surface area contributed by atoms with Gasteiger partial charge in [-0.15, -0.1) is 0 Å². The first-order valence-electron chi connectivity index (χ1n) is 4.82. The molecular weight excluding hydrogens is 162 g/mol. The molecule has 0 bridgehead atoms. The zero-order chi connectivity index (χ0) is 9.52. The molecule has 0 saturated carbocycles. The largest absolute Gasteiger partial charge is 0.365 e. The van der Waals surface area contributed by atoms with E-state index in [4.69, 9.17) is 0 Å². The lowest BCUT2D eigenvalue weighted by molar-refractivity contribution is 0.620. The number of hydrogen-bond acceptors (Lipinski definition) is 3. The quantitative estimate of drug-likeness (QED) is 0.751. The second kappa shape index (κ2) is 5.51. The molecular formula is C10H16N3. The Bertz CT molecular complexity index is 223. The summed E-state index contributed by atoms with van der Waals surface area (Å²) in [5.74, 6) is 0.753. The van der Waals surface area contributed by atoms with Crippen molar-refractivity contribution in [1.82, 2.24) is 9.97 Å². The van der Waals surface area contributed by atoms with Gasteiger partial charge in [0.05, 0.1) is 0 Å². The van der Waals surface area contributed by atoms with Crippen LogP contribution in [-0.2, 0) is 0 Å². The number of hydrogen-bond donors (Lipinski definition) is 1. The van der Waals surface area contributed by atoms with Gasteiger partial charge < -0.3 is 5.32 Å². The lowest BCUT2D eigenvalue weighted by atomic mass is 10.1. The molecule has 0 saturated heterocycles. The highest BCUT2D eigenvalue weighted by atomic mass is 15.0. The number of nitrogens with zero attached hydrogens (tertiary/aromatic N) is 2. The molecule has 3 nitrogen and oxygen atoms in total. The first-order chi connectivity index (χ1) is 6.36.